The number of hydrogen-bond donors (Lipinski definition) is 2. The van der Waals surface area contributed by atoms with Crippen LogP contribution in [0, 0.1) is 17.3 Å². The van der Waals surface area contributed by atoms with Gasteiger partial charge in [0.25, 0.3) is 0 Å². The minimum Gasteiger partial charge on any atom is -0.381 e. The number of amides is 1. The SMILES string of the molecule is CC1(CNC(=O)C2CCCC(CCN)C2)CCOCC1. The molecule has 116 valence electrons. The molecule has 1 aliphatic carbocycles. The molecule has 3 N–H and O–H groups in total. The Morgan fingerprint density at radius 3 is 2.80 bits per heavy atom. The minimum absolute atomic E-state index is 0.212. The molecule has 0 aromatic heterocycles. The topological polar surface area (TPSA) is 64.4 Å². The zero-order valence-corrected chi connectivity index (χ0v) is 12.8. The second-order valence-corrected chi connectivity index (χ2v) is 6.95. The van der Waals surface area contributed by atoms with Crippen molar-refractivity contribution >= 4 is 5.91 Å². The Labute approximate surface area is 122 Å². The second kappa shape index (κ2) is 7.41. The molecule has 0 radical (unpaired) electrons. The molecule has 4 heteroatoms. The van der Waals surface area contributed by atoms with Gasteiger partial charge in [-0.05, 0) is 50.0 Å². The molecule has 2 aliphatic rings. The third-order valence-electron chi connectivity index (χ3n) is 5.12. The van der Waals surface area contributed by atoms with Crippen molar-refractivity contribution in [3.05, 3.63) is 0 Å². The fraction of sp³-hybridized carbons (Fsp3) is 0.938. The monoisotopic (exact) mass is 282 g/mol. The first-order valence-corrected chi connectivity index (χ1v) is 8.18. The van der Waals surface area contributed by atoms with Crippen molar-refractivity contribution in [3.8, 4) is 0 Å². The van der Waals surface area contributed by atoms with Crippen LogP contribution in [-0.4, -0.2) is 32.2 Å². The molecule has 1 heterocycles. The molecule has 0 aromatic carbocycles. The summed E-state index contributed by atoms with van der Waals surface area (Å²) < 4.78 is 5.40. The van der Waals surface area contributed by atoms with Gasteiger partial charge in [-0.1, -0.05) is 19.8 Å². The third-order valence-corrected chi connectivity index (χ3v) is 5.12. The zero-order chi connectivity index (χ0) is 14.4. The van der Waals surface area contributed by atoms with Crippen molar-refractivity contribution in [1.82, 2.24) is 5.32 Å². The third kappa shape index (κ3) is 4.45. The highest BCUT2D eigenvalue weighted by Gasteiger charge is 2.31. The van der Waals surface area contributed by atoms with Crippen LogP contribution in [0.4, 0.5) is 0 Å². The van der Waals surface area contributed by atoms with Gasteiger partial charge < -0.3 is 15.8 Å². The Morgan fingerprint density at radius 2 is 2.10 bits per heavy atom. The van der Waals surface area contributed by atoms with Crippen LogP contribution in [0.25, 0.3) is 0 Å². The molecule has 2 atom stereocenters. The van der Waals surface area contributed by atoms with Gasteiger partial charge in [-0.3, -0.25) is 4.79 Å². The first kappa shape index (κ1) is 15.8. The van der Waals surface area contributed by atoms with Crippen LogP contribution in [0.2, 0.25) is 0 Å². The van der Waals surface area contributed by atoms with E-state index < -0.39 is 0 Å². The maximum absolute atomic E-state index is 12.4. The predicted octanol–water partition coefficient (Wildman–Crippen LogP) is 2.07. The Hall–Kier alpha value is -0.610. The molecular formula is C16H30N2O2. The van der Waals surface area contributed by atoms with E-state index in [9.17, 15) is 4.79 Å². The largest absolute Gasteiger partial charge is 0.381 e. The smallest absolute Gasteiger partial charge is 0.223 e. The van der Waals surface area contributed by atoms with E-state index in [0.717, 1.165) is 58.4 Å². The molecule has 2 unspecified atom stereocenters. The van der Waals surface area contributed by atoms with Crippen molar-refractivity contribution in [2.75, 3.05) is 26.3 Å². The van der Waals surface area contributed by atoms with Crippen LogP contribution in [-0.2, 0) is 9.53 Å². The summed E-state index contributed by atoms with van der Waals surface area (Å²) in [5.41, 5.74) is 5.86. The van der Waals surface area contributed by atoms with Gasteiger partial charge in [0.1, 0.15) is 0 Å². The normalized spacial score (nSPS) is 29.9. The van der Waals surface area contributed by atoms with Gasteiger partial charge in [0, 0.05) is 25.7 Å². The number of nitrogens with two attached hydrogens (primary N) is 1. The van der Waals surface area contributed by atoms with Gasteiger partial charge in [0.05, 0.1) is 0 Å². The number of hydrogen-bond acceptors (Lipinski definition) is 3. The first-order valence-electron chi connectivity index (χ1n) is 8.18. The standard InChI is InChI=1S/C16H30N2O2/c1-16(6-9-20-10-7-16)12-18-15(19)14-4-2-3-13(11-14)5-8-17/h13-14H,2-12,17H2,1H3,(H,18,19). The predicted molar refractivity (Wildman–Crippen MR) is 80.3 cm³/mol. The highest BCUT2D eigenvalue weighted by Crippen LogP contribution is 2.32. The lowest BCUT2D eigenvalue weighted by Crippen LogP contribution is -2.42. The molecule has 0 spiro atoms. The second-order valence-electron chi connectivity index (χ2n) is 6.95. The molecule has 0 aromatic rings. The van der Waals surface area contributed by atoms with Crippen molar-refractivity contribution in [2.45, 2.75) is 51.9 Å². The fourth-order valence-corrected chi connectivity index (χ4v) is 3.51. The summed E-state index contributed by atoms with van der Waals surface area (Å²) in [7, 11) is 0. The van der Waals surface area contributed by atoms with Crippen LogP contribution in [0.5, 0.6) is 0 Å². The molecule has 1 amide bonds. The van der Waals surface area contributed by atoms with E-state index in [-0.39, 0.29) is 17.2 Å². The summed E-state index contributed by atoms with van der Waals surface area (Å²) >= 11 is 0. The Kier molecular flexibility index (Phi) is 5.85. The van der Waals surface area contributed by atoms with Crippen LogP contribution in [0.1, 0.15) is 51.9 Å². The number of nitrogens with one attached hydrogen (secondary N) is 1. The molecule has 2 rings (SSSR count). The Balaban J connectivity index is 1.76. The molecule has 2 fully saturated rings. The average molecular weight is 282 g/mol. The van der Waals surface area contributed by atoms with Crippen LogP contribution in [0.15, 0.2) is 0 Å². The summed E-state index contributed by atoms with van der Waals surface area (Å²) in [4.78, 5) is 12.4. The van der Waals surface area contributed by atoms with Gasteiger partial charge in [0.15, 0.2) is 0 Å². The van der Waals surface area contributed by atoms with E-state index >= 15 is 0 Å². The lowest BCUT2D eigenvalue weighted by atomic mass is 9.79. The lowest BCUT2D eigenvalue weighted by molar-refractivity contribution is -0.127. The van der Waals surface area contributed by atoms with E-state index in [1.54, 1.807) is 0 Å². The number of rotatable bonds is 5. The quantitative estimate of drug-likeness (QED) is 0.811. The summed E-state index contributed by atoms with van der Waals surface area (Å²) in [6, 6.07) is 0. The maximum Gasteiger partial charge on any atom is 0.223 e. The van der Waals surface area contributed by atoms with Crippen molar-refractivity contribution in [3.63, 3.8) is 0 Å². The van der Waals surface area contributed by atoms with E-state index in [2.05, 4.69) is 12.2 Å². The van der Waals surface area contributed by atoms with Crippen molar-refractivity contribution < 1.29 is 9.53 Å². The summed E-state index contributed by atoms with van der Waals surface area (Å²) in [5.74, 6) is 1.13. The molecule has 20 heavy (non-hydrogen) atoms. The van der Waals surface area contributed by atoms with Crippen molar-refractivity contribution in [1.29, 1.82) is 0 Å². The Bertz CT molecular complexity index is 312. The Morgan fingerprint density at radius 1 is 1.35 bits per heavy atom. The van der Waals surface area contributed by atoms with Crippen molar-refractivity contribution in [2.24, 2.45) is 23.0 Å². The van der Waals surface area contributed by atoms with Gasteiger partial charge >= 0.3 is 0 Å². The summed E-state index contributed by atoms with van der Waals surface area (Å²) in [6.45, 7) is 5.46. The van der Waals surface area contributed by atoms with Crippen LogP contribution < -0.4 is 11.1 Å². The highest BCUT2D eigenvalue weighted by molar-refractivity contribution is 5.78. The van der Waals surface area contributed by atoms with Crippen LogP contribution in [0.3, 0.4) is 0 Å². The van der Waals surface area contributed by atoms with Crippen LogP contribution >= 0.6 is 0 Å². The van der Waals surface area contributed by atoms with E-state index in [0.29, 0.717) is 5.92 Å². The molecule has 4 nitrogen and oxygen atoms in total. The van der Waals surface area contributed by atoms with E-state index in [4.69, 9.17) is 10.5 Å². The molecule has 1 aliphatic heterocycles. The lowest BCUT2D eigenvalue weighted by Gasteiger charge is -2.35. The summed E-state index contributed by atoms with van der Waals surface area (Å²) in [6.07, 6.45) is 7.67. The summed E-state index contributed by atoms with van der Waals surface area (Å²) in [5, 5.41) is 3.20. The minimum atomic E-state index is 0.212. The highest BCUT2D eigenvalue weighted by atomic mass is 16.5. The van der Waals surface area contributed by atoms with Gasteiger partial charge in [-0.2, -0.15) is 0 Å². The van der Waals surface area contributed by atoms with Gasteiger partial charge in [-0.25, -0.2) is 0 Å². The van der Waals surface area contributed by atoms with Gasteiger partial charge in [0.2, 0.25) is 5.91 Å². The molecular weight excluding hydrogens is 252 g/mol. The number of carbonyl (C=O) groups excluding carboxylic acids is 1. The van der Waals surface area contributed by atoms with Gasteiger partial charge in [-0.15, -0.1) is 0 Å². The van der Waals surface area contributed by atoms with E-state index in [1.165, 1.54) is 12.8 Å². The fourth-order valence-electron chi connectivity index (χ4n) is 3.51. The number of carbonyl (C=O) groups is 1. The number of ether oxygens (including phenoxy) is 1. The van der Waals surface area contributed by atoms with E-state index in [1.807, 2.05) is 0 Å². The molecule has 1 saturated heterocycles. The first-order chi connectivity index (χ1) is 9.63. The zero-order valence-electron chi connectivity index (χ0n) is 12.8. The average Bonchev–Trinajstić information content (AvgIpc) is 2.46. The molecule has 1 saturated carbocycles. The molecule has 0 bridgehead atoms. The maximum atomic E-state index is 12.4.